The number of halogens is 13. The summed E-state index contributed by atoms with van der Waals surface area (Å²) in [6.07, 6.45) is 2.64. The molecular weight excluding hydrogens is 511 g/mol. The molecule has 0 aliphatic rings. The van der Waals surface area contributed by atoms with Crippen molar-refractivity contribution in [2.75, 3.05) is 0 Å². The van der Waals surface area contributed by atoms with Crippen LogP contribution in [0.2, 0.25) is 0 Å². The van der Waals surface area contributed by atoms with Gasteiger partial charge in [0, 0.05) is 0 Å². The van der Waals surface area contributed by atoms with E-state index < -0.39 is 41.9 Å². The van der Waals surface area contributed by atoms with E-state index in [1.807, 2.05) is 0 Å². The summed E-state index contributed by atoms with van der Waals surface area (Å²) in [5.74, 6) is -36.6. The lowest BCUT2D eigenvalue weighted by atomic mass is 9.93. The quantitative estimate of drug-likeness (QED) is 0.0918. The van der Waals surface area contributed by atoms with Gasteiger partial charge in [-0.05, 0) is 18.9 Å². The van der Waals surface area contributed by atoms with Crippen LogP contribution in [0.25, 0.3) is 0 Å². The highest BCUT2D eigenvalue weighted by Crippen LogP contribution is 2.60. The monoisotopic (exact) mass is 542 g/mol. The van der Waals surface area contributed by atoms with Crippen molar-refractivity contribution in [3.8, 4) is 0 Å². The van der Waals surface area contributed by atoms with Crippen LogP contribution in [0.15, 0.2) is 12.2 Å². The maximum atomic E-state index is 13.6. The molecule has 0 nitrogen and oxygen atoms in total. The Bertz CT molecular complexity index is 621. The molecule has 0 spiro atoms. The average Bonchev–Trinajstić information content (AvgIpc) is 2.72. The molecule has 13 heteroatoms. The molecule has 0 aliphatic heterocycles. The van der Waals surface area contributed by atoms with Crippen LogP contribution >= 0.6 is 0 Å². The zero-order valence-corrected chi connectivity index (χ0v) is 19.3. The fraction of sp³-hybridized carbons (Fsp3) is 0.909. The summed E-state index contributed by atoms with van der Waals surface area (Å²) in [5.41, 5.74) is 0. The largest absolute Gasteiger partial charge is 0.460 e. The zero-order valence-electron chi connectivity index (χ0n) is 19.3. The fourth-order valence-corrected chi connectivity index (χ4v) is 3.22. The number of allylic oxidation sites excluding steroid dienone is 2. The molecule has 0 fully saturated rings. The minimum absolute atomic E-state index is 0.161. The number of unbranched alkanes of at least 4 members (excludes halogenated alkanes) is 12. The van der Waals surface area contributed by atoms with E-state index in [2.05, 4.69) is 6.92 Å². The van der Waals surface area contributed by atoms with Gasteiger partial charge in [0.1, 0.15) is 0 Å². The van der Waals surface area contributed by atoms with Crippen molar-refractivity contribution >= 4 is 0 Å². The highest BCUT2D eigenvalue weighted by Gasteiger charge is 2.90. The molecule has 0 bridgehead atoms. The van der Waals surface area contributed by atoms with Crippen LogP contribution in [-0.4, -0.2) is 35.8 Å². The Hall–Kier alpha value is -1.17. The molecule has 0 aromatic rings. The summed E-state index contributed by atoms with van der Waals surface area (Å²) in [4.78, 5) is 0. The third kappa shape index (κ3) is 8.43. The van der Waals surface area contributed by atoms with E-state index in [1.165, 1.54) is 12.8 Å². The lowest BCUT2D eigenvalue weighted by Gasteiger charge is -2.39. The molecule has 0 heterocycles. The Morgan fingerprint density at radius 3 is 1.14 bits per heavy atom. The molecule has 0 unspecified atom stereocenters. The molecule has 0 saturated heterocycles. The summed E-state index contributed by atoms with van der Waals surface area (Å²) in [6, 6.07) is 0. The van der Waals surface area contributed by atoms with Gasteiger partial charge < -0.3 is 0 Å². The van der Waals surface area contributed by atoms with Crippen LogP contribution in [0.4, 0.5) is 57.1 Å². The number of alkyl halides is 13. The van der Waals surface area contributed by atoms with Gasteiger partial charge in [-0.2, -0.15) is 57.1 Å². The van der Waals surface area contributed by atoms with Crippen molar-refractivity contribution in [2.24, 2.45) is 0 Å². The molecule has 210 valence electrons. The summed E-state index contributed by atoms with van der Waals surface area (Å²) >= 11 is 0. The first-order chi connectivity index (χ1) is 15.8. The first-order valence-electron chi connectivity index (χ1n) is 11.4. The molecule has 0 aromatic carbocycles. The topological polar surface area (TPSA) is 0 Å². The molecular formula is C22H31F13. The van der Waals surface area contributed by atoms with Crippen molar-refractivity contribution < 1.29 is 57.1 Å². The van der Waals surface area contributed by atoms with Gasteiger partial charge in [-0.1, -0.05) is 83.6 Å². The third-order valence-corrected chi connectivity index (χ3v) is 5.51. The van der Waals surface area contributed by atoms with Crippen molar-refractivity contribution in [1.29, 1.82) is 0 Å². The van der Waals surface area contributed by atoms with E-state index in [1.54, 1.807) is 0 Å². The number of rotatable bonds is 18. The van der Waals surface area contributed by atoms with E-state index in [9.17, 15) is 57.1 Å². The minimum Gasteiger partial charge on any atom is -0.195 e. The normalized spacial score (nSPS) is 14.8. The van der Waals surface area contributed by atoms with Gasteiger partial charge >= 0.3 is 35.8 Å². The van der Waals surface area contributed by atoms with Gasteiger partial charge in [-0.3, -0.25) is 0 Å². The number of hydrogen-bond acceptors (Lipinski definition) is 0. The van der Waals surface area contributed by atoms with Gasteiger partial charge in [-0.25, -0.2) is 0 Å². The van der Waals surface area contributed by atoms with E-state index in [4.69, 9.17) is 0 Å². The highest BCUT2D eigenvalue weighted by atomic mass is 19.4. The molecule has 0 aliphatic carbocycles. The molecule has 35 heavy (non-hydrogen) atoms. The molecule has 0 N–H and O–H groups in total. The maximum absolute atomic E-state index is 13.6. The van der Waals surface area contributed by atoms with E-state index >= 15 is 0 Å². The van der Waals surface area contributed by atoms with Gasteiger partial charge in [0.15, 0.2) is 0 Å². The Kier molecular flexibility index (Phi) is 12.9. The summed E-state index contributed by atoms with van der Waals surface area (Å²) in [6.45, 7) is 2.11. The SMILES string of the molecule is CCCCCCCCCCCCCC/C=C/C(F)(F)C(F)(F)C(F)(F)C(F)(F)C(F)(F)C(F)(F)F. The first kappa shape index (κ1) is 33.8. The molecule has 0 atom stereocenters. The smallest absolute Gasteiger partial charge is 0.195 e. The van der Waals surface area contributed by atoms with Crippen molar-refractivity contribution in [3.05, 3.63) is 12.2 Å². The average molecular weight is 542 g/mol. The van der Waals surface area contributed by atoms with E-state index in [0.29, 0.717) is 12.8 Å². The second-order valence-electron chi connectivity index (χ2n) is 8.50. The molecule has 0 aromatic heterocycles. The van der Waals surface area contributed by atoms with Crippen LogP contribution in [0, 0.1) is 0 Å². The van der Waals surface area contributed by atoms with Crippen LogP contribution < -0.4 is 0 Å². The van der Waals surface area contributed by atoms with Crippen molar-refractivity contribution in [3.63, 3.8) is 0 Å². The highest BCUT2D eigenvalue weighted by molar-refractivity contribution is 5.15. The number of hydrogen-bond donors (Lipinski definition) is 0. The van der Waals surface area contributed by atoms with Crippen molar-refractivity contribution in [2.45, 2.75) is 126 Å². The van der Waals surface area contributed by atoms with Crippen LogP contribution in [0.5, 0.6) is 0 Å². The van der Waals surface area contributed by atoms with E-state index in [-0.39, 0.29) is 18.9 Å². The lowest BCUT2D eigenvalue weighted by Crippen LogP contribution is -2.69. The molecule has 0 radical (unpaired) electrons. The third-order valence-electron chi connectivity index (χ3n) is 5.51. The Morgan fingerprint density at radius 2 is 0.771 bits per heavy atom. The van der Waals surface area contributed by atoms with Gasteiger partial charge in [0.05, 0.1) is 0 Å². The summed E-state index contributed by atoms with van der Waals surface area (Å²) in [7, 11) is 0. The molecule has 0 rings (SSSR count). The summed E-state index contributed by atoms with van der Waals surface area (Å²) < 4.78 is 169. The standard InChI is InChI=1S/C22H31F13/c1-2-3-4-5-6-7-8-9-10-11-12-13-14-15-16-17(23,24)18(25,26)19(27,28)20(29,30)21(31,32)22(33,34)35/h15-16H,2-14H2,1H3/b16-15+. The molecule has 0 saturated carbocycles. The fourth-order valence-electron chi connectivity index (χ4n) is 3.22. The van der Waals surface area contributed by atoms with Crippen LogP contribution in [0.1, 0.15) is 90.4 Å². The Labute approximate surface area is 196 Å². The zero-order chi connectivity index (χ0) is 27.6. The second-order valence-corrected chi connectivity index (χ2v) is 8.50. The van der Waals surface area contributed by atoms with Crippen LogP contribution in [0.3, 0.4) is 0 Å². The summed E-state index contributed by atoms with van der Waals surface area (Å²) in [5, 5.41) is 0. The minimum atomic E-state index is -7.85. The van der Waals surface area contributed by atoms with Gasteiger partial charge in [-0.15, -0.1) is 0 Å². The Balaban J connectivity index is 4.70. The predicted octanol–water partition coefficient (Wildman–Crippen LogP) is 10.4. The molecule has 0 amide bonds. The second kappa shape index (κ2) is 13.4. The lowest BCUT2D eigenvalue weighted by molar-refractivity contribution is -0.436. The maximum Gasteiger partial charge on any atom is 0.460 e. The first-order valence-corrected chi connectivity index (χ1v) is 11.4. The van der Waals surface area contributed by atoms with Crippen LogP contribution in [-0.2, 0) is 0 Å². The predicted molar refractivity (Wildman–Crippen MR) is 106 cm³/mol. The van der Waals surface area contributed by atoms with Gasteiger partial charge in [0.2, 0.25) is 0 Å². The van der Waals surface area contributed by atoms with Crippen molar-refractivity contribution in [1.82, 2.24) is 0 Å². The van der Waals surface area contributed by atoms with E-state index in [0.717, 1.165) is 44.9 Å². The Morgan fingerprint density at radius 1 is 0.429 bits per heavy atom. The van der Waals surface area contributed by atoms with Gasteiger partial charge in [0.25, 0.3) is 0 Å².